The van der Waals surface area contributed by atoms with E-state index in [1.807, 2.05) is 0 Å². The molecule has 0 aliphatic heterocycles. The molecule has 0 aliphatic rings. The Morgan fingerprint density at radius 3 is 0.875 bits per heavy atom. The van der Waals surface area contributed by atoms with Crippen LogP contribution < -0.4 is 0 Å². The summed E-state index contributed by atoms with van der Waals surface area (Å²) in [4.78, 5) is 72.7. The summed E-state index contributed by atoms with van der Waals surface area (Å²) in [7, 11) is -9.94. The average molecular weight is 1400 g/mol. The Labute approximate surface area is 583 Å². The second kappa shape index (κ2) is 69.7. The highest BCUT2D eigenvalue weighted by Crippen LogP contribution is 2.45. The van der Waals surface area contributed by atoms with E-state index >= 15 is 0 Å². The molecule has 5 unspecified atom stereocenters. The fraction of sp³-hybridized carbons (Fsp3) is 0.766. The molecule has 0 amide bonds. The monoisotopic (exact) mass is 1390 g/mol. The summed E-state index contributed by atoms with van der Waals surface area (Å²) in [6.45, 7) is 4.60. The zero-order chi connectivity index (χ0) is 70.4. The highest BCUT2D eigenvalue weighted by Gasteiger charge is 2.30. The fourth-order valence-electron chi connectivity index (χ4n) is 10.1. The van der Waals surface area contributed by atoms with Gasteiger partial charge in [-0.3, -0.25) is 37.3 Å². The van der Waals surface area contributed by atoms with Gasteiger partial charge < -0.3 is 33.8 Å². The molecule has 0 aromatic heterocycles. The molecule has 0 aromatic carbocycles. The number of carbonyl (C=O) groups is 4. The highest BCUT2D eigenvalue weighted by atomic mass is 31.2. The van der Waals surface area contributed by atoms with E-state index in [1.165, 1.54) is 51.4 Å². The zero-order valence-corrected chi connectivity index (χ0v) is 62.3. The maximum Gasteiger partial charge on any atom is 0.472 e. The number of carbonyl (C=O) groups excluding carboxylic acids is 4. The third-order valence-corrected chi connectivity index (χ3v) is 17.8. The van der Waals surface area contributed by atoms with Crippen LogP contribution in [0.2, 0.25) is 0 Å². The summed E-state index contributed by atoms with van der Waals surface area (Å²) in [5.41, 5.74) is 0. The number of rotatable bonds is 71. The first-order valence-corrected chi connectivity index (χ1v) is 40.8. The maximum atomic E-state index is 13.0. The minimum absolute atomic E-state index is 0.0838. The molecule has 0 rings (SSSR count). The summed E-state index contributed by atoms with van der Waals surface area (Å²) in [5, 5.41) is 10.6. The Morgan fingerprint density at radius 1 is 0.302 bits per heavy atom. The Hall–Kier alpha value is -3.76. The van der Waals surface area contributed by atoms with Crippen LogP contribution in [0.1, 0.15) is 323 Å². The van der Waals surface area contributed by atoms with E-state index in [0.29, 0.717) is 25.7 Å². The maximum absolute atomic E-state index is 13.0. The molecule has 0 heterocycles. The lowest BCUT2D eigenvalue weighted by atomic mass is 10.1. The molecular formula is C77H136O17P2. The topological polar surface area (TPSA) is 237 Å². The highest BCUT2D eigenvalue weighted by molar-refractivity contribution is 7.47. The van der Waals surface area contributed by atoms with Crippen LogP contribution in [0.5, 0.6) is 0 Å². The second-order valence-corrected chi connectivity index (χ2v) is 28.1. The van der Waals surface area contributed by atoms with Crippen molar-refractivity contribution in [1.82, 2.24) is 0 Å². The van der Waals surface area contributed by atoms with E-state index in [1.54, 1.807) is 0 Å². The van der Waals surface area contributed by atoms with Gasteiger partial charge in [-0.1, -0.05) is 273 Å². The summed E-state index contributed by atoms with van der Waals surface area (Å²) in [6, 6.07) is 0. The van der Waals surface area contributed by atoms with E-state index in [9.17, 15) is 43.2 Å². The lowest BCUT2D eigenvalue weighted by Crippen LogP contribution is -2.30. The molecule has 0 aromatic rings. The van der Waals surface area contributed by atoms with E-state index < -0.39 is 97.5 Å². The summed E-state index contributed by atoms with van der Waals surface area (Å²) >= 11 is 0. The van der Waals surface area contributed by atoms with Crippen LogP contribution in [-0.2, 0) is 65.4 Å². The van der Waals surface area contributed by atoms with Gasteiger partial charge in [-0.2, -0.15) is 0 Å². The van der Waals surface area contributed by atoms with Gasteiger partial charge in [0.1, 0.15) is 19.3 Å². The molecule has 19 heteroatoms. The second-order valence-electron chi connectivity index (χ2n) is 25.2. The Balaban J connectivity index is 5.27. The molecule has 0 spiro atoms. The number of hydrogen-bond donors (Lipinski definition) is 3. The minimum Gasteiger partial charge on any atom is -0.462 e. The predicted octanol–water partition coefficient (Wildman–Crippen LogP) is 21.4. The van der Waals surface area contributed by atoms with Gasteiger partial charge in [0.15, 0.2) is 12.2 Å². The quantitative estimate of drug-likeness (QED) is 0.0169. The third kappa shape index (κ3) is 68.8. The largest absolute Gasteiger partial charge is 0.472 e. The first kappa shape index (κ1) is 92.2. The van der Waals surface area contributed by atoms with Crippen LogP contribution >= 0.6 is 15.6 Å². The number of hydrogen-bond acceptors (Lipinski definition) is 15. The molecule has 0 aliphatic carbocycles. The molecule has 5 atom stereocenters. The number of ether oxygens (including phenoxy) is 4. The molecule has 0 radical (unpaired) electrons. The van der Waals surface area contributed by atoms with Crippen molar-refractivity contribution in [3.8, 4) is 0 Å². The number of allylic oxidation sites excluding steroid dienone is 14. The van der Waals surface area contributed by atoms with E-state index in [4.69, 9.17) is 37.0 Å². The minimum atomic E-state index is -4.97. The first-order chi connectivity index (χ1) is 46.7. The van der Waals surface area contributed by atoms with Gasteiger partial charge in [-0.25, -0.2) is 9.13 Å². The summed E-state index contributed by atoms with van der Waals surface area (Å²) < 4.78 is 68.4. The van der Waals surface area contributed by atoms with Crippen molar-refractivity contribution >= 4 is 39.5 Å². The van der Waals surface area contributed by atoms with Crippen molar-refractivity contribution in [3.05, 3.63) is 85.1 Å². The smallest absolute Gasteiger partial charge is 0.462 e. The number of unbranched alkanes of at least 4 members (excludes halogenated alkanes) is 31. The average Bonchev–Trinajstić information content (AvgIpc) is 1.21. The lowest BCUT2D eigenvalue weighted by Gasteiger charge is -2.21. The number of phosphoric acid groups is 2. The van der Waals surface area contributed by atoms with E-state index in [2.05, 4.69) is 113 Å². The van der Waals surface area contributed by atoms with Crippen LogP contribution in [0.15, 0.2) is 85.1 Å². The van der Waals surface area contributed by atoms with Crippen LogP contribution in [-0.4, -0.2) is 96.7 Å². The van der Waals surface area contributed by atoms with E-state index in [0.717, 1.165) is 193 Å². The van der Waals surface area contributed by atoms with Crippen molar-refractivity contribution in [3.63, 3.8) is 0 Å². The van der Waals surface area contributed by atoms with Crippen LogP contribution in [0.4, 0.5) is 0 Å². The van der Waals surface area contributed by atoms with Gasteiger partial charge in [0.25, 0.3) is 0 Å². The van der Waals surface area contributed by atoms with Crippen LogP contribution in [0, 0.1) is 0 Å². The Morgan fingerprint density at radius 2 is 0.552 bits per heavy atom. The summed E-state index contributed by atoms with van der Waals surface area (Å²) in [6.07, 6.45) is 70.1. The van der Waals surface area contributed by atoms with Crippen LogP contribution in [0.3, 0.4) is 0 Å². The van der Waals surface area contributed by atoms with E-state index in [-0.39, 0.29) is 25.7 Å². The standard InChI is InChI=1S/C77H136O17P2/c1-5-9-13-17-21-25-29-31-33-35-37-39-43-45-49-53-57-61-74(79)87-67-72(93-76(81)63-59-55-51-47-41-27-23-19-15-11-7-3)69-91-95(83,84)89-65-71(78)66-90-96(85,86)92-70-73(94-77(82)64-60-56-52-48-42-28-24-20-16-12-8-4)68-88-75(80)62-58-54-50-46-44-40-38-36-34-32-30-26-22-18-14-10-6-2/h9-10,13-14,19,21-23,25-26,31-34,71-73,78H,5-8,11-12,15-18,20,24,27-30,35-70H2,1-4H3,(H,83,84)(H,85,86)/b13-9-,14-10-,23-19-,25-21-,26-22-,33-31-,34-32-. The Bertz CT molecular complexity index is 2160. The Kier molecular flexibility index (Phi) is 67.0. The number of aliphatic hydroxyl groups excluding tert-OH is 1. The third-order valence-electron chi connectivity index (χ3n) is 15.9. The molecule has 3 N–H and O–H groups in total. The number of aliphatic hydroxyl groups is 1. The van der Waals surface area contributed by atoms with Crippen molar-refractivity contribution in [1.29, 1.82) is 0 Å². The van der Waals surface area contributed by atoms with Crippen molar-refractivity contribution in [2.45, 2.75) is 341 Å². The van der Waals surface area contributed by atoms with Gasteiger partial charge in [-0.05, 0) is 109 Å². The molecule has 556 valence electrons. The molecule has 0 saturated carbocycles. The van der Waals surface area contributed by atoms with Gasteiger partial charge in [0, 0.05) is 25.7 Å². The van der Waals surface area contributed by atoms with Crippen molar-refractivity contribution in [2.75, 3.05) is 39.6 Å². The van der Waals surface area contributed by atoms with Gasteiger partial charge in [0.2, 0.25) is 0 Å². The van der Waals surface area contributed by atoms with Gasteiger partial charge >= 0.3 is 39.5 Å². The molecule has 0 fully saturated rings. The predicted molar refractivity (Wildman–Crippen MR) is 390 cm³/mol. The normalized spacial score (nSPS) is 14.4. The molecule has 96 heavy (non-hydrogen) atoms. The molecule has 0 bridgehead atoms. The van der Waals surface area contributed by atoms with Gasteiger partial charge in [0.05, 0.1) is 26.4 Å². The lowest BCUT2D eigenvalue weighted by molar-refractivity contribution is -0.161. The molecule has 17 nitrogen and oxygen atoms in total. The first-order valence-electron chi connectivity index (χ1n) is 37.8. The number of phosphoric ester groups is 2. The van der Waals surface area contributed by atoms with Crippen LogP contribution in [0.25, 0.3) is 0 Å². The zero-order valence-electron chi connectivity index (χ0n) is 60.5. The summed E-state index contributed by atoms with van der Waals surface area (Å²) in [5.74, 6) is -2.19. The van der Waals surface area contributed by atoms with Crippen molar-refractivity contribution in [2.24, 2.45) is 0 Å². The van der Waals surface area contributed by atoms with Crippen molar-refractivity contribution < 1.29 is 80.2 Å². The van der Waals surface area contributed by atoms with Gasteiger partial charge in [-0.15, -0.1) is 0 Å². The molecular weight excluding hydrogens is 1260 g/mol. The number of esters is 4. The molecule has 0 saturated heterocycles. The fourth-order valence-corrected chi connectivity index (χ4v) is 11.7. The SMILES string of the molecule is CC/C=C\C/C=C\C/C=C\CCCCCCCCCC(=O)OCC(COP(=O)(O)OCC(O)COP(=O)(O)OCC(COC(=O)CCCCCCCCC/C=C\C/C=C\C/C=C\CC)OC(=O)CCCCCCCCCCCCC)OC(=O)CCCCCCC/C=C\CCCC.